The summed E-state index contributed by atoms with van der Waals surface area (Å²) in [7, 11) is 2.85. The maximum atomic E-state index is 14.9. The fourth-order valence-electron chi connectivity index (χ4n) is 4.76. The number of carbonyl (C=O) groups is 1. The summed E-state index contributed by atoms with van der Waals surface area (Å²) in [4.78, 5) is 11.7. The third-order valence-electron chi connectivity index (χ3n) is 6.54. The molecule has 0 spiro atoms. The standard InChI is InChI=1S/C28H24FNO6/c1-32-25-12-18(4-3-16(25)14-30)35-23-10-8-22(29)28-21(23)7-9-24(28)36-19-5-6-20-17(11-27(31)33-2)15-34-26(20)13-19/h3-6,8,10,12-13,17,24H,7,9,11,15H2,1-2H3/t17?,24-/m1/s1. The van der Waals surface area contributed by atoms with Gasteiger partial charge in [-0.15, -0.1) is 0 Å². The fraction of sp³-hybridized carbons (Fsp3) is 0.286. The number of nitriles is 1. The molecule has 36 heavy (non-hydrogen) atoms. The number of hydrogen-bond donors (Lipinski definition) is 0. The van der Waals surface area contributed by atoms with Crippen LogP contribution in [0.3, 0.4) is 0 Å². The Morgan fingerprint density at radius 1 is 1.11 bits per heavy atom. The molecule has 0 amide bonds. The van der Waals surface area contributed by atoms with Gasteiger partial charge in [0.2, 0.25) is 0 Å². The topological polar surface area (TPSA) is 87.0 Å². The van der Waals surface area contributed by atoms with Gasteiger partial charge in [0.25, 0.3) is 0 Å². The number of rotatable bonds is 7. The second-order valence-corrected chi connectivity index (χ2v) is 8.65. The molecular weight excluding hydrogens is 465 g/mol. The number of halogens is 1. The van der Waals surface area contributed by atoms with Crippen LogP contribution in [-0.2, 0) is 16.0 Å². The zero-order chi connectivity index (χ0) is 25.2. The van der Waals surface area contributed by atoms with Gasteiger partial charge in [0.1, 0.15) is 46.7 Å². The summed E-state index contributed by atoms with van der Waals surface area (Å²) in [5.74, 6) is 1.95. The summed E-state index contributed by atoms with van der Waals surface area (Å²) < 4.78 is 43.0. The average molecular weight is 489 g/mol. The van der Waals surface area contributed by atoms with Crippen LogP contribution in [0, 0.1) is 17.1 Å². The lowest BCUT2D eigenvalue weighted by atomic mass is 9.98. The van der Waals surface area contributed by atoms with Gasteiger partial charge in [-0.2, -0.15) is 5.26 Å². The van der Waals surface area contributed by atoms with E-state index in [0.29, 0.717) is 59.3 Å². The fourth-order valence-corrected chi connectivity index (χ4v) is 4.76. The van der Waals surface area contributed by atoms with E-state index in [1.54, 1.807) is 30.3 Å². The Bertz CT molecular complexity index is 1360. The Hall–Kier alpha value is -4.25. The van der Waals surface area contributed by atoms with E-state index >= 15 is 0 Å². The summed E-state index contributed by atoms with van der Waals surface area (Å²) >= 11 is 0. The van der Waals surface area contributed by atoms with Crippen LogP contribution in [0.4, 0.5) is 4.39 Å². The van der Waals surface area contributed by atoms with Crippen molar-refractivity contribution in [2.24, 2.45) is 0 Å². The van der Waals surface area contributed by atoms with Gasteiger partial charge < -0.3 is 23.7 Å². The highest BCUT2D eigenvalue weighted by atomic mass is 19.1. The van der Waals surface area contributed by atoms with Crippen LogP contribution in [0.2, 0.25) is 0 Å². The molecule has 3 aromatic rings. The molecule has 0 radical (unpaired) electrons. The Morgan fingerprint density at radius 3 is 2.72 bits per heavy atom. The number of hydrogen-bond acceptors (Lipinski definition) is 7. The first kappa shape index (κ1) is 23.5. The molecule has 1 unspecified atom stereocenters. The lowest BCUT2D eigenvalue weighted by Crippen LogP contribution is -2.09. The van der Waals surface area contributed by atoms with Crippen molar-refractivity contribution in [1.29, 1.82) is 5.26 Å². The summed E-state index contributed by atoms with van der Waals surface area (Å²) in [6.07, 6.45) is 0.943. The summed E-state index contributed by atoms with van der Waals surface area (Å²) in [6.45, 7) is 0.398. The molecule has 7 nitrogen and oxygen atoms in total. The highest BCUT2D eigenvalue weighted by Gasteiger charge is 2.32. The van der Waals surface area contributed by atoms with E-state index in [-0.39, 0.29) is 24.1 Å². The van der Waals surface area contributed by atoms with Gasteiger partial charge in [0.05, 0.1) is 32.8 Å². The predicted molar refractivity (Wildman–Crippen MR) is 127 cm³/mol. The Balaban J connectivity index is 1.36. The maximum absolute atomic E-state index is 14.9. The lowest BCUT2D eigenvalue weighted by molar-refractivity contribution is -0.141. The number of ether oxygens (including phenoxy) is 5. The number of esters is 1. The molecule has 0 fully saturated rings. The minimum absolute atomic E-state index is 0.0632. The van der Waals surface area contributed by atoms with E-state index in [1.807, 2.05) is 12.1 Å². The van der Waals surface area contributed by atoms with Gasteiger partial charge in [-0.25, -0.2) is 4.39 Å². The predicted octanol–water partition coefficient (Wildman–Crippen LogP) is 5.60. The second-order valence-electron chi connectivity index (χ2n) is 8.65. The molecule has 184 valence electrons. The van der Waals surface area contributed by atoms with Gasteiger partial charge >= 0.3 is 5.97 Å². The molecule has 1 aliphatic carbocycles. The van der Waals surface area contributed by atoms with Crippen LogP contribution in [-0.4, -0.2) is 26.8 Å². The molecule has 2 atom stereocenters. The number of benzene rings is 3. The van der Waals surface area contributed by atoms with Crippen molar-refractivity contribution >= 4 is 5.97 Å². The van der Waals surface area contributed by atoms with Gasteiger partial charge in [-0.1, -0.05) is 6.07 Å². The van der Waals surface area contributed by atoms with Gasteiger partial charge in [-0.05, 0) is 43.2 Å². The zero-order valence-corrected chi connectivity index (χ0v) is 19.9. The highest BCUT2D eigenvalue weighted by Crippen LogP contribution is 2.44. The largest absolute Gasteiger partial charge is 0.495 e. The molecule has 2 aliphatic rings. The molecule has 1 heterocycles. The minimum Gasteiger partial charge on any atom is -0.495 e. The second kappa shape index (κ2) is 9.78. The highest BCUT2D eigenvalue weighted by molar-refractivity contribution is 5.71. The molecule has 0 bridgehead atoms. The van der Waals surface area contributed by atoms with Gasteiger partial charge in [0, 0.05) is 34.7 Å². The number of carbonyl (C=O) groups excluding carboxylic acids is 1. The first-order chi connectivity index (χ1) is 17.5. The SMILES string of the molecule is COC(=O)CC1COc2cc(O[C@@H]3CCc4c(Oc5ccc(C#N)c(OC)c5)ccc(F)c43)ccc21. The first-order valence-corrected chi connectivity index (χ1v) is 11.6. The Kier molecular flexibility index (Phi) is 6.38. The van der Waals surface area contributed by atoms with Crippen molar-refractivity contribution in [1.82, 2.24) is 0 Å². The molecule has 0 N–H and O–H groups in total. The van der Waals surface area contributed by atoms with Crippen molar-refractivity contribution < 1.29 is 32.9 Å². The summed E-state index contributed by atoms with van der Waals surface area (Å²) in [6, 6.07) is 15.5. The van der Waals surface area contributed by atoms with Crippen LogP contribution in [0.15, 0.2) is 48.5 Å². The van der Waals surface area contributed by atoms with Gasteiger partial charge in [0.15, 0.2) is 0 Å². The molecule has 1 aliphatic heterocycles. The quantitative estimate of drug-likeness (QED) is 0.399. The molecular formula is C28H24FNO6. The number of fused-ring (bicyclic) bond motifs is 2. The van der Waals surface area contributed by atoms with Crippen molar-refractivity contribution in [3.8, 4) is 34.8 Å². The van der Waals surface area contributed by atoms with Crippen molar-refractivity contribution in [2.45, 2.75) is 31.3 Å². The van der Waals surface area contributed by atoms with E-state index in [9.17, 15) is 14.4 Å². The maximum Gasteiger partial charge on any atom is 0.306 e. The Labute approximate surface area is 207 Å². The van der Waals surface area contributed by atoms with Crippen LogP contribution in [0.25, 0.3) is 0 Å². The van der Waals surface area contributed by atoms with Gasteiger partial charge in [-0.3, -0.25) is 4.79 Å². The van der Waals surface area contributed by atoms with E-state index in [0.717, 1.165) is 11.1 Å². The average Bonchev–Trinajstić information content (AvgIpc) is 3.50. The smallest absolute Gasteiger partial charge is 0.306 e. The third-order valence-corrected chi connectivity index (χ3v) is 6.54. The van der Waals surface area contributed by atoms with Crippen LogP contribution < -0.4 is 18.9 Å². The summed E-state index contributed by atoms with van der Waals surface area (Å²) in [5, 5.41) is 9.19. The normalized spacial score (nSPS) is 17.4. The van der Waals surface area contributed by atoms with E-state index in [2.05, 4.69) is 6.07 Å². The lowest BCUT2D eigenvalue weighted by Gasteiger charge is -2.17. The molecule has 0 saturated heterocycles. The minimum atomic E-state index is -0.482. The monoisotopic (exact) mass is 489 g/mol. The molecule has 0 aromatic heterocycles. The number of nitrogens with zero attached hydrogens (tertiary/aromatic N) is 1. The van der Waals surface area contributed by atoms with Crippen LogP contribution >= 0.6 is 0 Å². The van der Waals surface area contributed by atoms with Crippen molar-refractivity contribution in [3.05, 3.63) is 76.6 Å². The first-order valence-electron chi connectivity index (χ1n) is 11.6. The van der Waals surface area contributed by atoms with Crippen molar-refractivity contribution in [3.63, 3.8) is 0 Å². The number of methoxy groups -OCH3 is 2. The van der Waals surface area contributed by atoms with Crippen molar-refractivity contribution in [2.75, 3.05) is 20.8 Å². The van der Waals surface area contributed by atoms with Crippen LogP contribution in [0.5, 0.6) is 28.7 Å². The van der Waals surface area contributed by atoms with E-state index < -0.39 is 6.10 Å². The van der Waals surface area contributed by atoms with E-state index in [4.69, 9.17) is 23.7 Å². The molecule has 5 rings (SSSR count). The summed E-state index contributed by atoms with van der Waals surface area (Å²) in [5.41, 5.74) is 2.55. The zero-order valence-electron chi connectivity index (χ0n) is 19.9. The Morgan fingerprint density at radius 2 is 1.94 bits per heavy atom. The van der Waals surface area contributed by atoms with Crippen LogP contribution in [0.1, 0.15) is 47.1 Å². The third kappa shape index (κ3) is 4.40. The molecule has 8 heteroatoms. The van der Waals surface area contributed by atoms with E-state index in [1.165, 1.54) is 20.3 Å². The molecule has 3 aromatic carbocycles. The molecule has 0 saturated carbocycles.